The van der Waals surface area contributed by atoms with Crippen molar-refractivity contribution in [2.24, 2.45) is 35.5 Å². The Labute approximate surface area is 209 Å². The molecule has 1 aliphatic carbocycles. The van der Waals surface area contributed by atoms with Crippen molar-refractivity contribution in [2.75, 3.05) is 0 Å². The number of rotatable bonds is 2. The number of carbonyl (C=O) groups is 2. The van der Waals surface area contributed by atoms with Gasteiger partial charge in [-0.2, -0.15) is 5.26 Å². The fourth-order valence-electron chi connectivity index (χ4n) is 5.97. The van der Waals surface area contributed by atoms with Crippen molar-refractivity contribution in [1.82, 2.24) is 0 Å². The molecule has 2 aliphatic rings. The molecule has 2 rings (SSSR count). The molecule has 1 aliphatic heterocycles. The zero-order valence-corrected chi connectivity index (χ0v) is 21.6. The van der Waals surface area contributed by atoms with E-state index in [1.807, 2.05) is 13.8 Å². The van der Waals surface area contributed by atoms with E-state index in [1.165, 1.54) is 0 Å². The molecule has 0 amide bonds. The van der Waals surface area contributed by atoms with Gasteiger partial charge in [0.2, 0.25) is 0 Å². The smallest absolute Gasteiger partial charge is 0.308 e. The predicted octanol–water partition coefficient (Wildman–Crippen LogP) is 4.64. The minimum absolute atomic E-state index is 0.0816. The van der Waals surface area contributed by atoms with Crippen LogP contribution >= 0.6 is 0 Å². The van der Waals surface area contributed by atoms with Crippen LogP contribution in [-0.2, 0) is 14.3 Å². The number of hydrogen-bond acceptors (Lipinski definition) is 6. The highest BCUT2D eigenvalue weighted by atomic mass is 16.5. The summed E-state index contributed by atoms with van der Waals surface area (Å²) in [5, 5.41) is 40.6. The van der Waals surface area contributed by atoms with E-state index < -0.39 is 36.2 Å². The van der Waals surface area contributed by atoms with E-state index in [2.05, 4.69) is 19.9 Å². The molecule has 1 heterocycles. The molecule has 35 heavy (non-hydrogen) atoms. The molecule has 0 saturated heterocycles. The Morgan fingerprint density at radius 1 is 1.06 bits per heavy atom. The van der Waals surface area contributed by atoms with E-state index in [0.717, 1.165) is 25.7 Å². The highest BCUT2D eigenvalue weighted by molar-refractivity contribution is 5.72. The van der Waals surface area contributed by atoms with Gasteiger partial charge in [0.25, 0.3) is 0 Å². The quantitative estimate of drug-likeness (QED) is 0.482. The average Bonchev–Trinajstić information content (AvgIpc) is 3.27. The fourth-order valence-corrected chi connectivity index (χ4v) is 5.97. The van der Waals surface area contributed by atoms with Gasteiger partial charge in [-0.1, -0.05) is 46.3 Å². The van der Waals surface area contributed by atoms with Gasteiger partial charge in [0.15, 0.2) is 0 Å². The molecule has 7 heteroatoms. The zero-order valence-electron chi connectivity index (χ0n) is 21.6. The first kappa shape index (κ1) is 29.1. The van der Waals surface area contributed by atoms with Crippen molar-refractivity contribution in [1.29, 1.82) is 5.26 Å². The Kier molecular flexibility index (Phi) is 11.5. The molecule has 0 aromatic heterocycles. The van der Waals surface area contributed by atoms with E-state index in [4.69, 9.17) is 4.74 Å². The summed E-state index contributed by atoms with van der Waals surface area (Å²) < 4.78 is 5.77. The van der Waals surface area contributed by atoms with Gasteiger partial charge >= 0.3 is 11.9 Å². The third-order valence-electron chi connectivity index (χ3n) is 7.80. The van der Waals surface area contributed by atoms with Crippen LogP contribution in [0.4, 0.5) is 0 Å². The molecule has 0 spiro atoms. The number of aliphatic hydroxyl groups excluding tert-OH is 2. The van der Waals surface area contributed by atoms with Crippen molar-refractivity contribution >= 4 is 11.9 Å². The summed E-state index contributed by atoms with van der Waals surface area (Å²) in [5.74, 6) is -1.77. The average molecular weight is 490 g/mol. The van der Waals surface area contributed by atoms with Gasteiger partial charge in [0.1, 0.15) is 6.10 Å². The van der Waals surface area contributed by atoms with Gasteiger partial charge in [-0.3, -0.25) is 9.59 Å². The van der Waals surface area contributed by atoms with E-state index >= 15 is 0 Å². The van der Waals surface area contributed by atoms with E-state index in [0.29, 0.717) is 31.1 Å². The highest BCUT2D eigenvalue weighted by Crippen LogP contribution is 2.37. The molecule has 1 saturated carbocycles. The third kappa shape index (κ3) is 8.77. The molecule has 0 bridgehead atoms. The minimum atomic E-state index is -0.882. The number of hydrogen-bond donors (Lipinski definition) is 3. The van der Waals surface area contributed by atoms with Gasteiger partial charge in [0.05, 0.1) is 36.2 Å². The van der Waals surface area contributed by atoms with E-state index in [1.54, 1.807) is 18.2 Å². The molecule has 0 aromatic rings. The first-order chi connectivity index (χ1) is 16.5. The third-order valence-corrected chi connectivity index (χ3v) is 7.80. The molecule has 7 nitrogen and oxygen atoms in total. The lowest BCUT2D eigenvalue weighted by atomic mass is 9.82. The first-order valence-corrected chi connectivity index (χ1v) is 13.1. The van der Waals surface area contributed by atoms with Gasteiger partial charge in [-0.05, 0) is 61.9 Å². The van der Waals surface area contributed by atoms with E-state index in [9.17, 15) is 30.2 Å². The molecule has 9 atom stereocenters. The largest absolute Gasteiger partial charge is 0.481 e. The molecule has 0 radical (unpaired) electrons. The number of ether oxygens (including phenoxy) is 1. The Morgan fingerprint density at radius 2 is 1.71 bits per heavy atom. The lowest BCUT2D eigenvalue weighted by molar-refractivity contribution is -0.159. The number of esters is 1. The molecular weight excluding hydrogens is 446 g/mol. The van der Waals surface area contributed by atoms with E-state index in [-0.39, 0.29) is 29.7 Å². The van der Waals surface area contributed by atoms with Crippen LogP contribution in [-0.4, -0.2) is 45.6 Å². The molecule has 3 N–H and O–H groups in total. The summed E-state index contributed by atoms with van der Waals surface area (Å²) in [6.45, 7) is 8.16. The number of carboxylic acids is 1. The van der Waals surface area contributed by atoms with Crippen molar-refractivity contribution in [3.8, 4) is 6.07 Å². The Balaban J connectivity index is 2.30. The number of carboxylic acid groups (broad SMARTS) is 1. The van der Waals surface area contributed by atoms with Crippen molar-refractivity contribution in [3.63, 3.8) is 0 Å². The number of carbonyl (C=O) groups excluding carboxylic acids is 1. The van der Waals surface area contributed by atoms with Crippen LogP contribution in [0, 0.1) is 46.8 Å². The van der Waals surface area contributed by atoms with Gasteiger partial charge in [0, 0.05) is 12.3 Å². The maximum Gasteiger partial charge on any atom is 0.308 e. The number of cyclic esters (lactones) is 1. The standard InChI is InChI=1S/C28H43NO6/c1-17-12-18(2)14-20(4)27(32)21(16-29)8-5-6-11-25(22-9-7-10-23(22)28(33)34)35-26(31)15-24(30)19(3)13-17/h5-6,8,17-20,22-25,27,30,32H,7,9-15H2,1-4H3,(H,33,34)/b6-5+,21-8+/t17-,18+,19+,20+,22-,23+,24-,25-,27+/m1/s1. The van der Waals surface area contributed by atoms with Gasteiger partial charge in [-0.25, -0.2) is 0 Å². The SMILES string of the molecule is C[C@@H]1C[C@H](C)C[C@H](C)[C@H](O)/C(C#N)=C/C=C/C[C@H]([C@@H]2CCC[C@@H]2C(=O)O)OC(=O)C[C@@H](O)[C@@H](C)C1. The number of nitrogens with zero attached hydrogens (tertiary/aromatic N) is 1. The summed E-state index contributed by atoms with van der Waals surface area (Å²) in [5.41, 5.74) is 0.282. The summed E-state index contributed by atoms with van der Waals surface area (Å²) >= 11 is 0. The van der Waals surface area contributed by atoms with Crippen LogP contribution in [0.2, 0.25) is 0 Å². The second-order valence-electron chi connectivity index (χ2n) is 11.1. The maximum absolute atomic E-state index is 12.7. The summed E-state index contributed by atoms with van der Waals surface area (Å²) in [6.07, 6.45) is 7.33. The van der Waals surface area contributed by atoms with Crippen molar-refractivity contribution in [2.45, 2.75) is 97.4 Å². The second kappa shape index (κ2) is 13.8. The summed E-state index contributed by atoms with van der Waals surface area (Å²) in [6, 6.07) is 2.10. The van der Waals surface area contributed by atoms with Gasteiger partial charge in [-0.15, -0.1) is 0 Å². The number of allylic oxidation sites excluding steroid dienone is 2. The highest BCUT2D eigenvalue weighted by Gasteiger charge is 2.39. The normalized spacial score (nSPS) is 40.9. The zero-order chi connectivity index (χ0) is 26.1. The minimum Gasteiger partial charge on any atom is -0.481 e. The second-order valence-corrected chi connectivity index (χ2v) is 11.1. The summed E-state index contributed by atoms with van der Waals surface area (Å²) in [4.78, 5) is 24.5. The van der Waals surface area contributed by atoms with Crippen LogP contribution in [0.25, 0.3) is 0 Å². The predicted molar refractivity (Wildman–Crippen MR) is 133 cm³/mol. The van der Waals surface area contributed by atoms with Crippen LogP contribution < -0.4 is 0 Å². The van der Waals surface area contributed by atoms with Crippen LogP contribution in [0.1, 0.15) is 79.1 Å². The lowest BCUT2D eigenvalue weighted by Gasteiger charge is -2.28. The molecule has 196 valence electrons. The molecule has 0 unspecified atom stereocenters. The molecule has 1 fully saturated rings. The maximum atomic E-state index is 12.7. The lowest BCUT2D eigenvalue weighted by Crippen LogP contribution is -2.34. The van der Waals surface area contributed by atoms with Crippen LogP contribution in [0.3, 0.4) is 0 Å². The van der Waals surface area contributed by atoms with Gasteiger partial charge < -0.3 is 20.1 Å². The van der Waals surface area contributed by atoms with Crippen LogP contribution in [0.15, 0.2) is 23.8 Å². The topological polar surface area (TPSA) is 128 Å². The molecule has 0 aromatic carbocycles. The Bertz CT molecular complexity index is 815. The number of nitriles is 1. The van der Waals surface area contributed by atoms with Crippen LogP contribution in [0.5, 0.6) is 0 Å². The van der Waals surface area contributed by atoms with Crippen molar-refractivity contribution < 1.29 is 29.6 Å². The Morgan fingerprint density at radius 3 is 2.34 bits per heavy atom. The van der Waals surface area contributed by atoms with Crippen molar-refractivity contribution in [3.05, 3.63) is 23.8 Å². The number of aliphatic carboxylic acids is 1. The monoisotopic (exact) mass is 489 g/mol. The molecular formula is C28H43NO6. The fraction of sp³-hybridized carbons (Fsp3) is 0.750. The summed E-state index contributed by atoms with van der Waals surface area (Å²) in [7, 11) is 0. The first-order valence-electron chi connectivity index (χ1n) is 13.1. The number of aliphatic hydroxyl groups is 2. The Hall–Kier alpha value is -2.17.